The molecule has 1 spiro atoms. The highest BCUT2D eigenvalue weighted by atomic mass is 16.7. The molecule has 128 valence electrons. The quantitative estimate of drug-likeness (QED) is 0.530. The first kappa shape index (κ1) is 14.8. The van der Waals surface area contributed by atoms with Crippen molar-refractivity contribution in [1.82, 2.24) is 0 Å². The van der Waals surface area contributed by atoms with Gasteiger partial charge in [0, 0.05) is 22.6 Å². The first-order chi connectivity index (χ1) is 12.8. The maximum atomic E-state index is 9.30. The molecule has 1 heterocycles. The lowest BCUT2D eigenvalue weighted by Gasteiger charge is -2.39. The van der Waals surface area contributed by atoms with E-state index in [9.17, 15) is 5.21 Å². The summed E-state index contributed by atoms with van der Waals surface area (Å²) >= 11 is 0. The molecule has 0 aromatic heterocycles. The lowest BCUT2D eigenvalue weighted by molar-refractivity contribution is -0.0833. The van der Waals surface area contributed by atoms with Gasteiger partial charge in [0.2, 0.25) is 0 Å². The van der Waals surface area contributed by atoms with E-state index < -0.39 is 5.79 Å². The van der Waals surface area contributed by atoms with Crippen LogP contribution in [-0.4, -0.2) is 18.0 Å². The average Bonchev–Trinajstić information content (AvgIpc) is 2.69. The summed E-state index contributed by atoms with van der Waals surface area (Å²) in [6, 6.07) is 17.2. The molecule has 1 aliphatic carbocycles. The van der Waals surface area contributed by atoms with Gasteiger partial charge in [-0.15, -0.1) is 0 Å². The molecule has 0 radical (unpaired) electrons. The van der Waals surface area contributed by atoms with Gasteiger partial charge in [0.1, 0.15) is 23.0 Å². The fourth-order valence-electron chi connectivity index (χ4n) is 3.65. The Balaban J connectivity index is 1.75. The molecule has 5 heteroatoms. The summed E-state index contributed by atoms with van der Waals surface area (Å²) in [4.78, 5) is 0. The number of allylic oxidation sites excluding steroid dienone is 1. The van der Waals surface area contributed by atoms with E-state index in [4.69, 9.17) is 14.2 Å². The second-order valence-electron chi connectivity index (χ2n) is 6.18. The fourth-order valence-corrected chi connectivity index (χ4v) is 3.65. The van der Waals surface area contributed by atoms with E-state index in [0.717, 1.165) is 27.6 Å². The molecular formula is C21H15NO4. The van der Waals surface area contributed by atoms with Crippen LogP contribution in [0.2, 0.25) is 0 Å². The van der Waals surface area contributed by atoms with Gasteiger partial charge in [-0.2, -0.15) is 0 Å². The second-order valence-corrected chi connectivity index (χ2v) is 6.18. The van der Waals surface area contributed by atoms with E-state index in [1.807, 2.05) is 54.6 Å². The molecular weight excluding hydrogens is 330 g/mol. The second kappa shape index (κ2) is 5.26. The minimum Gasteiger partial charge on any atom is -0.496 e. The highest BCUT2D eigenvalue weighted by Crippen LogP contribution is 2.49. The molecule has 2 aliphatic rings. The minimum absolute atomic E-state index is 0.470. The molecule has 5 rings (SSSR count). The molecule has 0 saturated carbocycles. The lowest BCUT2D eigenvalue weighted by atomic mass is 9.89. The Morgan fingerprint density at radius 3 is 2.58 bits per heavy atom. The number of oxime groups is 1. The van der Waals surface area contributed by atoms with E-state index in [0.29, 0.717) is 17.2 Å². The summed E-state index contributed by atoms with van der Waals surface area (Å²) in [5, 5.41) is 14.5. The number of fused-ring (bicyclic) bond motifs is 2. The normalized spacial score (nSPS) is 21.3. The van der Waals surface area contributed by atoms with E-state index in [1.165, 1.54) is 0 Å². The Labute approximate surface area is 149 Å². The zero-order valence-corrected chi connectivity index (χ0v) is 14.0. The van der Waals surface area contributed by atoms with Gasteiger partial charge in [-0.1, -0.05) is 41.6 Å². The topological polar surface area (TPSA) is 60.3 Å². The van der Waals surface area contributed by atoms with Crippen LogP contribution in [0.1, 0.15) is 11.1 Å². The monoisotopic (exact) mass is 345 g/mol. The Hall–Kier alpha value is -3.47. The highest BCUT2D eigenvalue weighted by Gasteiger charge is 2.43. The standard InChI is InChI=1S/C21H15NO4/c1-24-17-9-10-19-20-14(17)6-4-8-18(20)25-21(26-19)12-11-16(22-23)13-5-2-3-7-15(13)21/h2-12,23H,1H3/b22-16+. The van der Waals surface area contributed by atoms with Crippen LogP contribution in [0.3, 0.4) is 0 Å². The molecule has 0 amide bonds. The molecule has 26 heavy (non-hydrogen) atoms. The van der Waals surface area contributed by atoms with Gasteiger partial charge in [-0.25, -0.2) is 0 Å². The van der Waals surface area contributed by atoms with Gasteiger partial charge in [0.15, 0.2) is 0 Å². The number of methoxy groups -OCH3 is 1. The summed E-state index contributed by atoms with van der Waals surface area (Å²) in [5.74, 6) is 1.08. The van der Waals surface area contributed by atoms with Crippen molar-refractivity contribution in [2.45, 2.75) is 5.79 Å². The first-order valence-electron chi connectivity index (χ1n) is 8.25. The van der Waals surface area contributed by atoms with Gasteiger partial charge in [-0.05, 0) is 24.3 Å². The third-order valence-electron chi connectivity index (χ3n) is 4.81. The number of ether oxygens (including phenoxy) is 3. The fraction of sp³-hybridized carbons (Fsp3) is 0.0952. The van der Waals surface area contributed by atoms with E-state index >= 15 is 0 Å². The lowest BCUT2D eigenvalue weighted by Crippen LogP contribution is -2.42. The Morgan fingerprint density at radius 2 is 1.77 bits per heavy atom. The van der Waals surface area contributed by atoms with Crippen molar-refractivity contribution >= 4 is 16.5 Å². The van der Waals surface area contributed by atoms with Crippen molar-refractivity contribution in [3.05, 3.63) is 77.9 Å². The smallest absolute Gasteiger partial charge is 0.299 e. The van der Waals surface area contributed by atoms with Gasteiger partial charge in [0.05, 0.1) is 12.5 Å². The maximum Gasteiger partial charge on any atom is 0.299 e. The van der Waals surface area contributed by atoms with Crippen LogP contribution in [0, 0.1) is 0 Å². The van der Waals surface area contributed by atoms with Crippen LogP contribution in [0.5, 0.6) is 17.2 Å². The molecule has 0 saturated heterocycles. The van der Waals surface area contributed by atoms with Crippen LogP contribution in [-0.2, 0) is 5.79 Å². The van der Waals surface area contributed by atoms with Crippen molar-refractivity contribution in [3.8, 4) is 17.2 Å². The molecule has 0 bridgehead atoms. The van der Waals surface area contributed by atoms with Crippen molar-refractivity contribution in [2.75, 3.05) is 7.11 Å². The molecule has 3 aromatic rings. The molecule has 1 unspecified atom stereocenters. The molecule has 0 fully saturated rings. The molecule has 1 aliphatic heterocycles. The van der Waals surface area contributed by atoms with Crippen molar-refractivity contribution in [1.29, 1.82) is 0 Å². The summed E-state index contributed by atoms with van der Waals surface area (Å²) in [7, 11) is 1.64. The third kappa shape index (κ3) is 1.88. The summed E-state index contributed by atoms with van der Waals surface area (Å²) in [5.41, 5.74) is 2.02. The van der Waals surface area contributed by atoms with Crippen molar-refractivity contribution < 1.29 is 19.4 Å². The molecule has 1 atom stereocenters. The van der Waals surface area contributed by atoms with Crippen LogP contribution >= 0.6 is 0 Å². The van der Waals surface area contributed by atoms with Gasteiger partial charge in [0.25, 0.3) is 5.79 Å². The van der Waals surface area contributed by atoms with Crippen LogP contribution in [0.4, 0.5) is 0 Å². The predicted octanol–water partition coefficient (Wildman–Crippen LogP) is 4.22. The van der Waals surface area contributed by atoms with Gasteiger partial charge in [-0.3, -0.25) is 0 Å². The molecule has 5 nitrogen and oxygen atoms in total. The maximum absolute atomic E-state index is 9.30. The van der Waals surface area contributed by atoms with Gasteiger partial charge >= 0.3 is 0 Å². The average molecular weight is 345 g/mol. The Bertz CT molecular complexity index is 1090. The van der Waals surface area contributed by atoms with Crippen LogP contribution < -0.4 is 14.2 Å². The third-order valence-corrected chi connectivity index (χ3v) is 4.81. The van der Waals surface area contributed by atoms with E-state index in [1.54, 1.807) is 19.3 Å². The molecule has 1 N–H and O–H groups in total. The van der Waals surface area contributed by atoms with Crippen LogP contribution in [0.15, 0.2) is 71.9 Å². The number of hydrogen-bond acceptors (Lipinski definition) is 5. The SMILES string of the molecule is COc1ccc2c3c(cccc13)OC1(C=C/C(=N\O)c3ccccc31)O2. The largest absolute Gasteiger partial charge is 0.496 e. The van der Waals surface area contributed by atoms with E-state index in [-0.39, 0.29) is 0 Å². The Kier molecular flexibility index (Phi) is 3.00. The van der Waals surface area contributed by atoms with Gasteiger partial charge < -0.3 is 19.4 Å². The van der Waals surface area contributed by atoms with E-state index in [2.05, 4.69) is 5.16 Å². The van der Waals surface area contributed by atoms with Crippen LogP contribution in [0.25, 0.3) is 10.8 Å². The number of rotatable bonds is 1. The minimum atomic E-state index is -1.11. The molecule has 3 aromatic carbocycles. The first-order valence-corrected chi connectivity index (χ1v) is 8.25. The highest BCUT2D eigenvalue weighted by molar-refractivity contribution is 6.11. The summed E-state index contributed by atoms with van der Waals surface area (Å²) in [6.45, 7) is 0. The zero-order valence-electron chi connectivity index (χ0n) is 14.0. The Morgan fingerprint density at radius 1 is 0.962 bits per heavy atom. The number of nitrogens with zero attached hydrogens (tertiary/aromatic N) is 1. The predicted molar refractivity (Wildman–Crippen MR) is 97.3 cm³/mol. The summed E-state index contributed by atoms with van der Waals surface area (Å²) < 4.78 is 18.2. The van der Waals surface area contributed by atoms with Crippen molar-refractivity contribution in [2.24, 2.45) is 5.16 Å². The number of hydrogen-bond donors (Lipinski definition) is 1. The summed E-state index contributed by atoms with van der Waals surface area (Å²) in [6.07, 6.45) is 3.48. The number of benzene rings is 3. The van der Waals surface area contributed by atoms with Crippen molar-refractivity contribution in [3.63, 3.8) is 0 Å². The zero-order chi connectivity index (χ0) is 17.7.